The molecule has 0 amide bonds. The maximum Gasteiger partial charge on any atom is 0.198 e. The third-order valence-corrected chi connectivity index (χ3v) is 3.10. The van der Waals surface area contributed by atoms with E-state index >= 15 is 0 Å². The van der Waals surface area contributed by atoms with Crippen LogP contribution in [0.3, 0.4) is 0 Å². The molecule has 0 unspecified atom stereocenters. The molecule has 0 saturated carbocycles. The molecule has 2 aromatic rings. The molecule has 2 aromatic carbocycles. The van der Waals surface area contributed by atoms with Gasteiger partial charge in [-0.05, 0) is 12.0 Å². The molecule has 0 nitrogen and oxygen atoms in total. The quantitative estimate of drug-likeness (QED) is 0.400. The summed E-state index contributed by atoms with van der Waals surface area (Å²) in [5, 5.41) is 0. The Morgan fingerprint density at radius 1 is 0.714 bits per heavy atom. The molecule has 0 aromatic heterocycles. The van der Waals surface area contributed by atoms with Crippen LogP contribution in [-0.4, -0.2) is 0 Å². The Balaban J connectivity index is 2.94. The van der Waals surface area contributed by atoms with Gasteiger partial charge < -0.3 is 0 Å². The van der Waals surface area contributed by atoms with E-state index in [1.807, 2.05) is 0 Å². The van der Waals surface area contributed by atoms with E-state index in [1.54, 1.807) is 0 Å². The first-order chi connectivity index (χ1) is 9.77. The second kappa shape index (κ2) is 5.42. The maximum absolute atomic E-state index is 14.0. The zero-order valence-electron chi connectivity index (χ0n) is 11.1. The van der Waals surface area contributed by atoms with Gasteiger partial charge >= 0.3 is 0 Å². The fourth-order valence-corrected chi connectivity index (χ4v) is 2.15. The molecule has 0 aliphatic rings. The molecule has 2 rings (SSSR count). The fourth-order valence-electron chi connectivity index (χ4n) is 2.15. The molecule has 112 valence electrons. The normalized spacial score (nSPS) is 11.3. The van der Waals surface area contributed by atoms with Crippen molar-refractivity contribution in [1.29, 1.82) is 0 Å². The molecule has 0 atom stereocenters. The minimum Gasteiger partial charge on any atom is -0.204 e. The van der Waals surface area contributed by atoms with Crippen molar-refractivity contribution in [3.05, 3.63) is 58.7 Å². The van der Waals surface area contributed by atoms with E-state index in [4.69, 9.17) is 0 Å². The van der Waals surface area contributed by atoms with Crippen LogP contribution in [0, 0.1) is 34.9 Å². The van der Waals surface area contributed by atoms with Gasteiger partial charge in [0, 0.05) is 16.7 Å². The second-order valence-corrected chi connectivity index (χ2v) is 4.80. The third kappa shape index (κ3) is 2.39. The van der Waals surface area contributed by atoms with Crippen LogP contribution < -0.4 is 0 Å². The second-order valence-electron chi connectivity index (χ2n) is 4.80. The minimum atomic E-state index is -2.06. The molecular weight excluding hydrogens is 294 g/mol. The van der Waals surface area contributed by atoms with E-state index in [1.165, 1.54) is 13.8 Å². The topological polar surface area (TPSA) is 0 Å². The molecule has 0 aliphatic carbocycles. The highest BCUT2D eigenvalue weighted by atomic mass is 19.2. The summed E-state index contributed by atoms with van der Waals surface area (Å²) in [6, 6.07) is 2.82. The number of halogens is 6. The molecule has 0 radical (unpaired) electrons. The molecule has 6 heteroatoms. The standard InChI is InChI=1S/C15H10F6/c1-6(2)9-10(7-4-3-5-8(16)11(7)17)13(19)15(21)14(20)12(9)18/h3-6H,1-2H3. The summed E-state index contributed by atoms with van der Waals surface area (Å²) in [7, 11) is 0. The van der Waals surface area contributed by atoms with E-state index in [-0.39, 0.29) is 0 Å². The van der Waals surface area contributed by atoms with Crippen LogP contribution in [0.1, 0.15) is 25.3 Å². The lowest BCUT2D eigenvalue weighted by atomic mass is 9.90. The van der Waals surface area contributed by atoms with Crippen molar-refractivity contribution < 1.29 is 26.3 Å². The summed E-state index contributed by atoms with van der Waals surface area (Å²) in [6.45, 7) is 2.80. The molecular formula is C15H10F6. The van der Waals surface area contributed by atoms with E-state index in [2.05, 4.69) is 0 Å². The number of rotatable bonds is 2. The lowest BCUT2D eigenvalue weighted by Gasteiger charge is -2.17. The van der Waals surface area contributed by atoms with Crippen LogP contribution in [0.25, 0.3) is 11.1 Å². The van der Waals surface area contributed by atoms with Gasteiger partial charge in [0.2, 0.25) is 0 Å². The Labute approximate surface area is 117 Å². The molecule has 0 fully saturated rings. The van der Waals surface area contributed by atoms with Gasteiger partial charge in [-0.3, -0.25) is 0 Å². The molecule has 0 heterocycles. The van der Waals surface area contributed by atoms with Crippen molar-refractivity contribution >= 4 is 0 Å². The predicted molar refractivity (Wildman–Crippen MR) is 65.7 cm³/mol. The van der Waals surface area contributed by atoms with E-state index in [0.717, 1.165) is 18.2 Å². The summed E-state index contributed by atoms with van der Waals surface area (Å²) >= 11 is 0. The lowest BCUT2D eigenvalue weighted by Crippen LogP contribution is -2.08. The first kappa shape index (κ1) is 15.4. The molecule has 0 saturated heterocycles. The number of benzene rings is 2. The SMILES string of the molecule is CC(C)c1c(F)c(F)c(F)c(F)c1-c1cccc(F)c1F. The van der Waals surface area contributed by atoms with Crippen molar-refractivity contribution in [1.82, 2.24) is 0 Å². The van der Waals surface area contributed by atoms with Crippen molar-refractivity contribution in [3.63, 3.8) is 0 Å². The third-order valence-electron chi connectivity index (χ3n) is 3.10. The zero-order chi connectivity index (χ0) is 15.9. The highest BCUT2D eigenvalue weighted by Gasteiger charge is 2.29. The van der Waals surface area contributed by atoms with Crippen LogP contribution in [-0.2, 0) is 0 Å². The van der Waals surface area contributed by atoms with Crippen LogP contribution in [0.4, 0.5) is 26.3 Å². The van der Waals surface area contributed by atoms with Gasteiger partial charge in [-0.25, -0.2) is 26.3 Å². The molecule has 0 bridgehead atoms. The zero-order valence-corrected chi connectivity index (χ0v) is 11.1. The predicted octanol–water partition coefficient (Wildman–Crippen LogP) is 5.31. The van der Waals surface area contributed by atoms with Crippen LogP contribution >= 0.6 is 0 Å². The van der Waals surface area contributed by atoms with E-state index in [0.29, 0.717) is 0 Å². The molecule has 21 heavy (non-hydrogen) atoms. The number of hydrogen-bond acceptors (Lipinski definition) is 0. The van der Waals surface area contributed by atoms with Gasteiger partial charge in [0.1, 0.15) is 0 Å². The first-order valence-corrected chi connectivity index (χ1v) is 6.07. The summed E-state index contributed by atoms with van der Waals surface area (Å²) < 4.78 is 81.6. The Bertz CT molecular complexity index is 706. The Morgan fingerprint density at radius 3 is 1.86 bits per heavy atom. The molecule has 0 N–H and O–H groups in total. The Kier molecular flexibility index (Phi) is 3.98. The van der Waals surface area contributed by atoms with Crippen LogP contribution in [0.15, 0.2) is 18.2 Å². The largest absolute Gasteiger partial charge is 0.204 e. The van der Waals surface area contributed by atoms with Gasteiger partial charge in [0.05, 0.1) is 0 Å². The highest BCUT2D eigenvalue weighted by molar-refractivity contribution is 5.70. The monoisotopic (exact) mass is 304 g/mol. The highest BCUT2D eigenvalue weighted by Crippen LogP contribution is 2.38. The average Bonchev–Trinajstić information content (AvgIpc) is 2.43. The number of hydrogen-bond donors (Lipinski definition) is 0. The van der Waals surface area contributed by atoms with Crippen LogP contribution in [0.5, 0.6) is 0 Å². The summed E-state index contributed by atoms with van der Waals surface area (Å²) in [5.74, 6) is -10.9. The summed E-state index contributed by atoms with van der Waals surface area (Å²) in [4.78, 5) is 0. The Morgan fingerprint density at radius 2 is 1.29 bits per heavy atom. The van der Waals surface area contributed by atoms with Crippen LogP contribution in [0.2, 0.25) is 0 Å². The smallest absolute Gasteiger partial charge is 0.198 e. The summed E-state index contributed by atoms with van der Waals surface area (Å²) in [5.41, 5.74) is -2.01. The maximum atomic E-state index is 14.0. The van der Waals surface area contributed by atoms with Gasteiger partial charge in [-0.1, -0.05) is 26.0 Å². The Hall–Kier alpha value is -1.98. The fraction of sp³-hybridized carbons (Fsp3) is 0.200. The first-order valence-electron chi connectivity index (χ1n) is 6.07. The van der Waals surface area contributed by atoms with Crippen molar-refractivity contribution in [2.24, 2.45) is 0 Å². The average molecular weight is 304 g/mol. The van der Waals surface area contributed by atoms with Gasteiger partial charge in [-0.2, -0.15) is 0 Å². The van der Waals surface area contributed by atoms with Crippen molar-refractivity contribution in [2.45, 2.75) is 19.8 Å². The van der Waals surface area contributed by atoms with Gasteiger partial charge in [0.15, 0.2) is 34.9 Å². The lowest BCUT2D eigenvalue weighted by molar-refractivity contribution is 0.403. The van der Waals surface area contributed by atoms with Crippen molar-refractivity contribution in [2.75, 3.05) is 0 Å². The molecule has 0 aliphatic heterocycles. The van der Waals surface area contributed by atoms with Crippen molar-refractivity contribution in [3.8, 4) is 11.1 Å². The van der Waals surface area contributed by atoms with E-state index in [9.17, 15) is 26.3 Å². The van der Waals surface area contributed by atoms with E-state index < -0.39 is 57.5 Å². The van der Waals surface area contributed by atoms with Gasteiger partial charge in [-0.15, -0.1) is 0 Å². The van der Waals surface area contributed by atoms with Gasteiger partial charge in [0.25, 0.3) is 0 Å². The summed E-state index contributed by atoms with van der Waals surface area (Å²) in [6.07, 6.45) is 0. The minimum absolute atomic E-state index is 0.545. The molecule has 0 spiro atoms.